The first-order valence-electron chi connectivity index (χ1n) is 10.8. The second kappa shape index (κ2) is 9.92. The second-order valence-electron chi connectivity index (χ2n) is 8.01. The van der Waals surface area contributed by atoms with Crippen LogP contribution in [-0.2, 0) is 0 Å². The maximum absolute atomic E-state index is 12.7. The molecule has 1 fully saturated rings. The molecule has 0 atom stereocenters. The Bertz CT molecular complexity index is 781. The highest BCUT2D eigenvalue weighted by Crippen LogP contribution is 2.23. The van der Waals surface area contributed by atoms with Gasteiger partial charge in [0.05, 0.1) is 6.61 Å². The zero-order valence-electron chi connectivity index (χ0n) is 17.6. The van der Waals surface area contributed by atoms with Gasteiger partial charge in [-0.3, -0.25) is 4.79 Å². The molecule has 4 nitrogen and oxygen atoms in total. The molecule has 1 saturated heterocycles. The van der Waals surface area contributed by atoms with E-state index in [0.29, 0.717) is 0 Å². The van der Waals surface area contributed by atoms with E-state index in [-0.39, 0.29) is 11.9 Å². The Morgan fingerprint density at radius 1 is 1.07 bits per heavy atom. The van der Waals surface area contributed by atoms with Crippen LogP contribution in [0, 0.1) is 0 Å². The summed E-state index contributed by atoms with van der Waals surface area (Å²) in [5.41, 5.74) is 0.748. The van der Waals surface area contributed by atoms with Gasteiger partial charge in [-0.15, -0.1) is 0 Å². The lowest BCUT2D eigenvalue weighted by Crippen LogP contribution is -2.36. The molecule has 4 heteroatoms. The molecule has 1 aliphatic rings. The second-order valence-corrected chi connectivity index (χ2v) is 8.01. The number of fused-ring (bicyclic) bond motifs is 1. The van der Waals surface area contributed by atoms with Crippen LogP contribution < -0.4 is 4.74 Å². The third kappa shape index (κ3) is 5.26. The molecule has 0 N–H and O–H groups in total. The number of carbonyl (C=O) groups excluding carboxylic acids is 1. The summed E-state index contributed by atoms with van der Waals surface area (Å²) in [6.45, 7) is 11.2. The monoisotopic (exact) mass is 382 g/mol. The molecule has 3 rings (SSSR count). The fraction of sp³-hybridized carbons (Fsp3) is 0.542. The molecule has 2 aromatic carbocycles. The number of hydrogen-bond acceptors (Lipinski definition) is 3. The number of piperidine rings is 1. The molecule has 0 aromatic heterocycles. The van der Waals surface area contributed by atoms with Gasteiger partial charge in [0.25, 0.3) is 5.91 Å². The predicted octanol–water partition coefficient (Wildman–Crippen LogP) is 4.97. The van der Waals surface area contributed by atoms with Crippen LogP contribution in [0.4, 0.5) is 0 Å². The SMILES string of the molecule is CCN(C(=O)c1ccc2cc(OCCCN3CCCCC3)ccc2c1)C(C)C. The molecule has 1 amide bonds. The van der Waals surface area contributed by atoms with E-state index in [4.69, 9.17) is 4.74 Å². The average Bonchev–Trinajstić information content (AvgIpc) is 2.71. The van der Waals surface area contributed by atoms with Crippen molar-refractivity contribution in [1.29, 1.82) is 0 Å². The van der Waals surface area contributed by atoms with Crippen LogP contribution in [0.5, 0.6) is 5.75 Å². The lowest BCUT2D eigenvalue weighted by atomic mass is 10.1. The van der Waals surface area contributed by atoms with Crippen LogP contribution in [0.1, 0.15) is 56.8 Å². The van der Waals surface area contributed by atoms with Gasteiger partial charge in [0.2, 0.25) is 0 Å². The number of carbonyl (C=O) groups is 1. The average molecular weight is 383 g/mol. The summed E-state index contributed by atoms with van der Waals surface area (Å²) >= 11 is 0. The van der Waals surface area contributed by atoms with Gasteiger partial charge in [-0.25, -0.2) is 0 Å². The Morgan fingerprint density at radius 3 is 2.50 bits per heavy atom. The Hall–Kier alpha value is -2.07. The van der Waals surface area contributed by atoms with Gasteiger partial charge in [0.15, 0.2) is 0 Å². The summed E-state index contributed by atoms with van der Waals surface area (Å²) in [4.78, 5) is 17.2. The molecule has 1 aliphatic heterocycles. The first-order chi connectivity index (χ1) is 13.6. The fourth-order valence-electron chi connectivity index (χ4n) is 4.02. The van der Waals surface area contributed by atoms with Crippen molar-refractivity contribution in [3.05, 3.63) is 42.0 Å². The summed E-state index contributed by atoms with van der Waals surface area (Å²) in [5, 5.41) is 2.18. The van der Waals surface area contributed by atoms with E-state index < -0.39 is 0 Å². The van der Waals surface area contributed by atoms with Crippen LogP contribution in [0.3, 0.4) is 0 Å². The molecular weight excluding hydrogens is 348 g/mol. The van der Waals surface area contributed by atoms with Crippen molar-refractivity contribution in [2.45, 2.75) is 52.5 Å². The van der Waals surface area contributed by atoms with Crippen LogP contribution in [0.2, 0.25) is 0 Å². The van der Waals surface area contributed by atoms with Gasteiger partial charge >= 0.3 is 0 Å². The number of rotatable bonds is 8. The molecule has 1 heterocycles. The van der Waals surface area contributed by atoms with E-state index >= 15 is 0 Å². The number of ether oxygens (including phenoxy) is 1. The summed E-state index contributed by atoms with van der Waals surface area (Å²) in [7, 11) is 0. The van der Waals surface area contributed by atoms with Gasteiger partial charge in [-0.05, 0) is 88.2 Å². The lowest BCUT2D eigenvalue weighted by Gasteiger charge is -2.26. The van der Waals surface area contributed by atoms with Crippen LogP contribution in [-0.4, -0.2) is 54.5 Å². The molecule has 152 valence electrons. The summed E-state index contributed by atoms with van der Waals surface area (Å²) in [5.74, 6) is 1.00. The highest BCUT2D eigenvalue weighted by atomic mass is 16.5. The highest BCUT2D eigenvalue weighted by molar-refractivity contribution is 5.99. The van der Waals surface area contributed by atoms with Crippen molar-refractivity contribution in [2.75, 3.05) is 32.8 Å². The Kier molecular flexibility index (Phi) is 7.32. The van der Waals surface area contributed by atoms with Crippen LogP contribution in [0.25, 0.3) is 10.8 Å². The number of hydrogen-bond donors (Lipinski definition) is 0. The third-order valence-electron chi connectivity index (χ3n) is 5.62. The molecule has 0 unspecified atom stereocenters. The van der Waals surface area contributed by atoms with E-state index in [1.807, 2.05) is 36.1 Å². The van der Waals surface area contributed by atoms with Crippen LogP contribution in [0.15, 0.2) is 36.4 Å². The number of nitrogens with zero attached hydrogens (tertiary/aromatic N) is 2. The maximum Gasteiger partial charge on any atom is 0.254 e. The van der Waals surface area contributed by atoms with Crippen LogP contribution >= 0.6 is 0 Å². The number of likely N-dealkylation sites (tertiary alicyclic amines) is 1. The van der Waals surface area contributed by atoms with E-state index in [9.17, 15) is 4.79 Å². The maximum atomic E-state index is 12.7. The minimum absolute atomic E-state index is 0.0949. The lowest BCUT2D eigenvalue weighted by molar-refractivity contribution is 0.0717. The molecule has 2 aromatic rings. The minimum atomic E-state index is 0.0949. The zero-order valence-corrected chi connectivity index (χ0v) is 17.6. The van der Waals surface area contributed by atoms with Gasteiger partial charge in [-0.1, -0.05) is 18.6 Å². The fourth-order valence-corrected chi connectivity index (χ4v) is 4.02. The van der Waals surface area contributed by atoms with Crippen molar-refractivity contribution in [3.8, 4) is 5.75 Å². The molecule has 0 spiro atoms. The van der Waals surface area contributed by atoms with Gasteiger partial charge in [-0.2, -0.15) is 0 Å². The molecule has 0 saturated carbocycles. The third-order valence-corrected chi connectivity index (χ3v) is 5.62. The smallest absolute Gasteiger partial charge is 0.254 e. The van der Waals surface area contributed by atoms with Crippen molar-refractivity contribution < 1.29 is 9.53 Å². The predicted molar refractivity (Wildman–Crippen MR) is 116 cm³/mol. The van der Waals surface area contributed by atoms with Crippen molar-refractivity contribution >= 4 is 16.7 Å². The minimum Gasteiger partial charge on any atom is -0.494 e. The molecule has 0 bridgehead atoms. The van der Waals surface area contributed by atoms with Crippen molar-refractivity contribution in [1.82, 2.24) is 9.80 Å². The molecule has 28 heavy (non-hydrogen) atoms. The molecule has 0 aliphatic carbocycles. The van der Waals surface area contributed by atoms with Gasteiger partial charge in [0, 0.05) is 24.7 Å². The first kappa shape index (κ1) is 20.7. The van der Waals surface area contributed by atoms with Gasteiger partial charge in [0.1, 0.15) is 5.75 Å². The normalized spacial score (nSPS) is 15.1. The van der Waals surface area contributed by atoms with Crippen molar-refractivity contribution in [2.24, 2.45) is 0 Å². The van der Waals surface area contributed by atoms with E-state index in [2.05, 4.69) is 30.9 Å². The Labute approximate surface area is 169 Å². The highest BCUT2D eigenvalue weighted by Gasteiger charge is 2.17. The summed E-state index contributed by atoms with van der Waals surface area (Å²) < 4.78 is 5.97. The summed E-state index contributed by atoms with van der Waals surface area (Å²) in [6, 6.07) is 12.3. The summed E-state index contributed by atoms with van der Waals surface area (Å²) in [6.07, 6.45) is 5.12. The van der Waals surface area contributed by atoms with E-state index in [1.54, 1.807) is 0 Å². The largest absolute Gasteiger partial charge is 0.494 e. The van der Waals surface area contributed by atoms with E-state index in [1.165, 1.54) is 32.4 Å². The quantitative estimate of drug-likeness (QED) is 0.605. The molecular formula is C24H34N2O2. The first-order valence-corrected chi connectivity index (χ1v) is 10.8. The Morgan fingerprint density at radius 2 is 1.79 bits per heavy atom. The molecule has 0 radical (unpaired) electrons. The zero-order chi connectivity index (χ0) is 19.9. The van der Waals surface area contributed by atoms with Crippen molar-refractivity contribution in [3.63, 3.8) is 0 Å². The van der Waals surface area contributed by atoms with E-state index in [0.717, 1.165) is 48.2 Å². The topological polar surface area (TPSA) is 32.8 Å². The Balaban J connectivity index is 1.58. The standard InChI is InChI=1S/C24H34N2O2/c1-4-26(19(2)3)24(27)22-10-9-21-18-23(12-11-20(21)17-22)28-16-8-15-25-13-6-5-7-14-25/h9-12,17-19H,4-8,13-16H2,1-3H3. The number of amides is 1. The van der Waals surface area contributed by atoms with Gasteiger partial charge < -0.3 is 14.5 Å². The number of benzene rings is 2.